The predicted octanol–water partition coefficient (Wildman–Crippen LogP) is 18.7. The van der Waals surface area contributed by atoms with Crippen molar-refractivity contribution in [2.24, 2.45) is 0 Å². The van der Waals surface area contributed by atoms with Crippen LogP contribution >= 0.6 is 7.82 Å². The van der Waals surface area contributed by atoms with Gasteiger partial charge in [-0.1, -0.05) is 294 Å². The lowest BCUT2D eigenvalue weighted by Crippen LogP contribution is -2.45. The molecule has 72 heavy (non-hydrogen) atoms. The smallest absolute Gasteiger partial charge is 0.268 e. The van der Waals surface area contributed by atoms with E-state index in [-0.39, 0.29) is 12.5 Å². The zero-order chi connectivity index (χ0) is 52.7. The van der Waals surface area contributed by atoms with Crippen molar-refractivity contribution in [2.75, 3.05) is 40.9 Å². The van der Waals surface area contributed by atoms with E-state index in [4.69, 9.17) is 9.05 Å². The van der Waals surface area contributed by atoms with E-state index in [0.29, 0.717) is 17.4 Å². The molecule has 0 rings (SSSR count). The number of quaternary nitrogens is 1. The molecule has 0 aromatic carbocycles. The van der Waals surface area contributed by atoms with Gasteiger partial charge in [-0.3, -0.25) is 9.36 Å². The summed E-state index contributed by atoms with van der Waals surface area (Å²) in [4.78, 5) is 25.5. The van der Waals surface area contributed by atoms with Gasteiger partial charge in [0.05, 0.1) is 39.9 Å². The summed E-state index contributed by atoms with van der Waals surface area (Å²) in [6.45, 7) is 4.64. The Morgan fingerprint density at radius 2 is 0.778 bits per heavy atom. The second-order valence-corrected chi connectivity index (χ2v) is 24.2. The number of carbonyl (C=O) groups excluding carboxylic acids is 1. The lowest BCUT2D eigenvalue weighted by Gasteiger charge is -2.29. The number of carbonyl (C=O) groups is 1. The van der Waals surface area contributed by atoms with E-state index in [0.717, 1.165) is 44.9 Å². The van der Waals surface area contributed by atoms with Crippen molar-refractivity contribution in [2.45, 2.75) is 321 Å². The number of hydrogen-bond donors (Lipinski definition) is 2. The minimum absolute atomic E-state index is 0.00750. The molecular formula is C63H123N2O6P. The molecule has 3 atom stereocenters. The standard InChI is InChI=1S/C63H123N2O6P/c1-6-8-10-12-14-16-18-20-22-23-24-25-26-27-28-29-30-31-32-33-34-35-36-37-38-39-40-41-43-45-47-49-51-53-55-57-63(67)64-61(60-71-72(68,69)70-59-58-65(3,4)5)62(66)56-54-52-50-48-46-44-42-21-19-17-15-13-11-9-7-2/h19,21,46,48,54,56,61-62,66H,6-18,20,22-45,47,49-53,55,57-60H2,1-5H3,(H-,64,67,68,69)/b21-19+,48-46+,56-54+. The Morgan fingerprint density at radius 3 is 1.12 bits per heavy atom. The van der Waals surface area contributed by atoms with Gasteiger partial charge >= 0.3 is 0 Å². The van der Waals surface area contributed by atoms with Crippen LogP contribution in [0.2, 0.25) is 0 Å². The molecule has 0 aliphatic rings. The van der Waals surface area contributed by atoms with E-state index < -0.39 is 26.6 Å². The van der Waals surface area contributed by atoms with Crippen molar-refractivity contribution in [3.05, 3.63) is 36.5 Å². The number of amides is 1. The molecule has 0 radical (unpaired) electrons. The number of hydrogen-bond acceptors (Lipinski definition) is 6. The summed E-state index contributed by atoms with van der Waals surface area (Å²) in [7, 11) is 1.25. The van der Waals surface area contributed by atoms with Crippen LogP contribution in [0.25, 0.3) is 0 Å². The lowest BCUT2D eigenvalue weighted by atomic mass is 10.0. The Balaban J connectivity index is 3.97. The zero-order valence-electron chi connectivity index (χ0n) is 48.6. The first-order valence-electron chi connectivity index (χ1n) is 31.4. The average molecular weight is 1040 g/mol. The maximum atomic E-state index is 13.0. The molecule has 0 saturated carbocycles. The molecule has 0 aliphatic carbocycles. The summed E-state index contributed by atoms with van der Waals surface area (Å²) < 4.78 is 23.3. The summed E-state index contributed by atoms with van der Waals surface area (Å²) >= 11 is 0. The highest BCUT2D eigenvalue weighted by Crippen LogP contribution is 2.38. The molecule has 1 amide bonds. The van der Waals surface area contributed by atoms with E-state index in [9.17, 15) is 19.4 Å². The van der Waals surface area contributed by atoms with Crippen LogP contribution in [0, 0.1) is 0 Å². The quantitative estimate of drug-likeness (QED) is 0.0272. The van der Waals surface area contributed by atoms with E-state index in [1.807, 2.05) is 27.2 Å². The molecule has 0 spiro atoms. The first kappa shape index (κ1) is 70.7. The van der Waals surface area contributed by atoms with Crippen LogP contribution in [0.1, 0.15) is 309 Å². The Hall–Kier alpha value is -1.28. The molecule has 0 aromatic rings. The van der Waals surface area contributed by atoms with Gasteiger partial charge in [-0.25, -0.2) is 0 Å². The molecule has 426 valence electrons. The van der Waals surface area contributed by atoms with Crippen molar-refractivity contribution in [3.63, 3.8) is 0 Å². The number of allylic oxidation sites excluding steroid dienone is 5. The number of likely N-dealkylation sites (N-methyl/N-ethyl adjacent to an activating group) is 1. The second kappa shape index (κ2) is 54.5. The second-order valence-electron chi connectivity index (χ2n) is 22.8. The van der Waals surface area contributed by atoms with Gasteiger partial charge in [0.15, 0.2) is 0 Å². The summed E-state index contributed by atoms with van der Waals surface area (Å²) in [5.41, 5.74) is 0. The van der Waals surface area contributed by atoms with Gasteiger partial charge in [-0.2, -0.15) is 0 Å². The summed E-state index contributed by atoms with van der Waals surface area (Å²) in [5.74, 6) is -0.206. The van der Waals surface area contributed by atoms with Gasteiger partial charge in [0.1, 0.15) is 13.2 Å². The lowest BCUT2D eigenvalue weighted by molar-refractivity contribution is -0.870. The van der Waals surface area contributed by atoms with Crippen LogP contribution < -0.4 is 10.2 Å². The topological polar surface area (TPSA) is 108 Å². The van der Waals surface area contributed by atoms with E-state index in [1.54, 1.807) is 6.08 Å². The minimum Gasteiger partial charge on any atom is -0.756 e. The molecular weight excluding hydrogens is 912 g/mol. The minimum atomic E-state index is -4.61. The van der Waals surface area contributed by atoms with Crippen LogP contribution in [0.5, 0.6) is 0 Å². The number of phosphoric acid groups is 1. The van der Waals surface area contributed by atoms with E-state index in [1.165, 1.54) is 244 Å². The summed E-state index contributed by atoms with van der Waals surface area (Å²) in [6, 6.07) is -0.907. The van der Waals surface area contributed by atoms with Gasteiger partial charge in [0, 0.05) is 6.42 Å². The van der Waals surface area contributed by atoms with Crippen molar-refractivity contribution < 1.29 is 32.9 Å². The monoisotopic (exact) mass is 1030 g/mol. The summed E-state index contributed by atoms with van der Waals surface area (Å²) in [5, 5.41) is 13.8. The highest BCUT2D eigenvalue weighted by atomic mass is 31.2. The van der Waals surface area contributed by atoms with Crippen molar-refractivity contribution >= 4 is 13.7 Å². The summed E-state index contributed by atoms with van der Waals surface area (Å²) in [6.07, 6.45) is 71.2. The maximum absolute atomic E-state index is 13.0. The number of rotatable bonds is 58. The first-order chi connectivity index (χ1) is 35.0. The number of nitrogens with one attached hydrogen (secondary N) is 1. The first-order valence-corrected chi connectivity index (χ1v) is 32.8. The third-order valence-electron chi connectivity index (χ3n) is 14.3. The molecule has 3 unspecified atom stereocenters. The van der Waals surface area contributed by atoms with Crippen LogP contribution in [0.3, 0.4) is 0 Å². The maximum Gasteiger partial charge on any atom is 0.268 e. The molecule has 2 N–H and O–H groups in total. The Morgan fingerprint density at radius 1 is 0.472 bits per heavy atom. The van der Waals surface area contributed by atoms with Gasteiger partial charge in [0.25, 0.3) is 7.82 Å². The number of unbranched alkanes of at least 4 members (excludes halogenated alkanes) is 41. The van der Waals surface area contributed by atoms with Crippen LogP contribution in [0.4, 0.5) is 0 Å². The van der Waals surface area contributed by atoms with Crippen LogP contribution in [-0.2, 0) is 18.4 Å². The van der Waals surface area contributed by atoms with Crippen molar-refractivity contribution in [1.29, 1.82) is 0 Å². The van der Waals surface area contributed by atoms with E-state index >= 15 is 0 Å². The molecule has 0 heterocycles. The number of aliphatic hydroxyl groups excluding tert-OH is 1. The van der Waals surface area contributed by atoms with Gasteiger partial charge < -0.3 is 28.8 Å². The fourth-order valence-corrected chi connectivity index (χ4v) is 10.1. The number of phosphoric ester groups is 1. The van der Waals surface area contributed by atoms with Gasteiger partial charge in [-0.15, -0.1) is 0 Å². The molecule has 0 saturated heterocycles. The third-order valence-corrected chi connectivity index (χ3v) is 15.3. The van der Waals surface area contributed by atoms with Crippen molar-refractivity contribution in [1.82, 2.24) is 5.32 Å². The molecule has 9 heteroatoms. The number of aliphatic hydroxyl groups is 1. The third kappa shape index (κ3) is 56.4. The zero-order valence-corrected chi connectivity index (χ0v) is 49.5. The average Bonchev–Trinajstić information content (AvgIpc) is 3.34. The fraction of sp³-hybridized carbons (Fsp3) is 0.889. The molecule has 0 aliphatic heterocycles. The molecule has 8 nitrogen and oxygen atoms in total. The highest BCUT2D eigenvalue weighted by Gasteiger charge is 2.23. The van der Waals surface area contributed by atoms with Crippen LogP contribution in [-0.4, -0.2) is 68.5 Å². The van der Waals surface area contributed by atoms with Crippen molar-refractivity contribution in [3.8, 4) is 0 Å². The Bertz CT molecular complexity index is 1270. The van der Waals surface area contributed by atoms with Crippen LogP contribution in [0.15, 0.2) is 36.5 Å². The SMILES string of the molecule is CCCCCCC/C=C/CC/C=C/CC/C=C/C(O)C(COP(=O)([O-])OCC[N+](C)(C)C)NC(=O)CCCCCCCCCCCCCCCCCCCCCCCCCCCCCCCCCCCCC. The highest BCUT2D eigenvalue weighted by molar-refractivity contribution is 7.45. The normalized spacial score (nSPS) is 14.0. The fourth-order valence-electron chi connectivity index (χ4n) is 9.42. The van der Waals surface area contributed by atoms with Gasteiger partial charge in [0.2, 0.25) is 5.91 Å². The number of nitrogens with zero attached hydrogens (tertiary/aromatic N) is 1. The van der Waals surface area contributed by atoms with E-state index in [2.05, 4.69) is 43.5 Å². The largest absolute Gasteiger partial charge is 0.756 e. The van der Waals surface area contributed by atoms with Gasteiger partial charge in [-0.05, 0) is 44.9 Å². The Labute approximate surface area is 448 Å². The predicted molar refractivity (Wildman–Crippen MR) is 311 cm³/mol. The molecule has 0 fully saturated rings. The Kier molecular flexibility index (Phi) is 53.5. The molecule has 0 aromatic heterocycles. The molecule has 0 bridgehead atoms.